The number of benzene rings is 2. The Balaban J connectivity index is 2.01. The van der Waals surface area contributed by atoms with Crippen LogP contribution in [0.15, 0.2) is 35.2 Å². The van der Waals surface area contributed by atoms with Gasteiger partial charge in [-0.25, -0.2) is 0 Å². The molecule has 2 aromatic carbocycles. The molecule has 0 bridgehead atoms. The molecule has 7 nitrogen and oxygen atoms in total. The van der Waals surface area contributed by atoms with Crippen LogP contribution in [0.2, 0.25) is 0 Å². The number of phenols is 1. The molecule has 2 aromatic rings. The number of carbonyl (C=O) groups is 3. The van der Waals surface area contributed by atoms with Crippen LogP contribution in [-0.4, -0.2) is 46.7 Å². The average molecular weight is 489 g/mol. The van der Waals surface area contributed by atoms with Crippen molar-refractivity contribution in [2.45, 2.75) is 57.8 Å². The van der Waals surface area contributed by atoms with E-state index in [1.165, 1.54) is 13.8 Å². The Kier molecular flexibility index (Phi) is 10.9. The van der Waals surface area contributed by atoms with Crippen molar-refractivity contribution in [2.24, 2.45) is 0 Å². The SMILES string of the molecule is CCCc1c(OCCCSc2ccc(C(C)=O)c(O)c2)ccc(C(C)=O)c1OCCCC(=O)O. The van der Waals surface area contributed by atoms with Crippen molar-refractivity contribution in [3.63, 3.8) is 0 Å². The van der Waals surface area contributed by atoms with Gasteiger partial charge in [-0.15, -0.1) is 11.8 Å². The van der Waals surface area contributed by atoms with Crippen LogP contribution in [0.5, 0.6) is 17.2 Å². The summed E-state index contributed by atoms with van der Waals surface area (Å²) in [7, 11) is 0. The van der Waals surface area contributed by atoms with Gasteiger partial charge in [-0.2, -0.15) is 0 Å². The van der Waals surface area contributed by atoms with Gasteiger partial charge in [0.25, 0.3) is 0 Å². The monoisotopic (exact) mass is 488 g/mol. The van der Waals surface area contributed by atoms with E-state index in [-0.39, 0.29) is 30.3 Å². The molecule has 0 fully saturated rings. The van der Waals surface area contributed by atoms with Gasteiger partial charge in [0.1, 0.15) is 17.2 Å². The summed E-state index contributed by atoms with van der Waals surface area (Å²) in [4.78, 5) is 35.2. The van der Waals surface area contributed by atoms with Crippen LogP contribution in [0.3, 0.4) is 0 Å². The van der Waals surface area contributed by atoms with Crippen LogP contribution in [0.4, 0.5) is 0 Å². The van der Waals surface area contributed by atoms with Crippen molar-refractivity contribution in [2.75, 3.05) is 19.0 Å². The molecule has 2 N–H and O–H groups in total. The minimum Gasteiger partial charge on any atom is -0.507 e. The normalized spacial score (nSPS) is 10.7. The Morgan fingerprint density at radius 2 is 1.62 bits per heavy atom. The van der Waals surface area contributed by atoms with Gasteiger partial charge in [-0.1, -0.05) is 13.3 Å². The van der Waals surface area contributed by atoms with Crippen molar-refractivity contribution in [3.05, 3.63) is 47.0 Å². The van der Waals surface area contributed by atoms with Crippen molar-refractivity contribution < 1.29 is 34.1 Å². The van der Waals surface area contributed by atoms with Crippen LogP contribution in [-0.2, 0) is 11.2 Å². The lowest BCUT2D eigenvalue weighted by atomic mass is 10.0. The topological polar surface area (TPSA) is 110 Å². The Hall–Kier alpha value is -3.00. The summed E-state index contributed by atoms with van der Waals surface area (Å²) in [6.45, 7) is 5.59. The summed E-state index contributed by atoms with van der Waals surface area (Å²) in [5.74, 6) is 0.704. The van der Waals surface area contributed by atoms with Crippen molar-refractivity contribution in [3.8, 4) is 17.2 Å². The lowest BCUT2D eigenvalue weighted by Crippen LogP contribution is -2.10. The number of hydrogen-bond acceptors (Lipinski definition) is 7. The van der Waals surface area contributed by atoms with Crippen LogP contribution >= 0.6 is 11.8 Å². The number of Topliss-reactive ketones (excluding diaryl/α,β-unsaturated/α-hetero) is 2. The second-order valence-corrected chi connectivity index (χ2v) is 9.02. The molecule has 0 amide bonds. The lowest BCUT2D eigenvalue weighted by molar-refractivity contribution is -0.137. The third-order valence-corrected chi connectivity index (χ3v) is 6.12. The Bertz CT molecular complexity index is 1020. The van der Waals surface area contributed by atoms with Gasteiger partial charge in [-0.3, -0.25) is 14.4 Å². The molecule has 0 heterocycles. The van der Waals surface area contributed by atoms with Gasteiger partial charge in [0, 0.05) is 22.6 Å². The van der Waals surface area contributed by atoms with Crippen molar-refractivity contribution >= 4 is 29.3 Å². The molecule has 34 heavy (non-hydrogen) atoms. The first kappa shape index (κ1) is 27.2. The minimum absolute atomic E-state index is 0.00161. The number of aromatic hydroxyl groups is 1. The molecule has 0 atom stereocenters. The fourth-order valence-corrected chi connectivity index (χ4v) is 4.26. The molecule has 0 saturated carbocycles. The fourth-order valence-electron chi connectivity index (χ4n) is 3.40. The van der Waals surface area contributed by atoms with Gasteiger partial charge in [0.2, 0.25) is 0 Å². The number of aliphatic carboxylic acids is 1. The maximum absolute atomic E-state index is 12.1. The standard InChI is InChI=1S/C26H32O7S/c1-4-7-22-24(12-11-21(18(3)28)26(22)33-13-5-8-25(30)31)32-14-6-15-34-19-9-10-20(17(2)27)23(29)16-19/h9-12,16,29H,4-8,13-15H2,1-3H3,(H,30,31). The van der Waals surface area contributed by atoms with E-state index in [2.05, 4.69) is 0 Å². The average Bonchev–Trinajstić information content (AvgIpc) is 2.77. The van der Waals surface area contributed by atoms with Crippen molar-refractivity contribution in [1.29, 1.82) is 0 Å². The number of ether oxygens (including phenoxy) is 2. The fraction of sp³-hybridized carbons (Fsp3) is 0.423. The summed E-state index contributed by atoms with van der Waals surface area (Å²) in [6, 6.07) is 8.52. The first-order valence-electron chi connectivity index (χ1n) is 11.4. The predicted octanol–water partition coefficient (Wildman–Crippen LogP) is 5.55. The van der Waals surface area contributed by atoms with E-state index >= 15 is 0 Å². The van der Waals surface area contributed by atoms with Gasteiger partial charge >= 0.3 is 5.97 Å². The number of carboxylic acid groups (broad SMARTS) is 1. The number of phenolic OH excluding ortho intramolecular Hbond substituents is 1. The summed E-state index contributed by atoms with van der Waals surface area (Å²) in [6.07, 6.45) is 2.60. The molecule has 184 valence electrons. The highest BCUT2D eigenvalue weighted by Crippen LogP contribution is 2.35. The van der Waals surface area contributed by atoms with E-state index in [9.17, 15) is 19.5 Å². The van der Waals surface area contributed by atoms with Crippen LogP contribution in [0, 0.1) is 0 Å². The van der Waals surface area contributed by atoms with Crippen LogP contribution in [0.1, 0.15) is 72.7 Å². The van der Waals surface area contributed by atoms with E-state index in [0.29, 0.717) is 42.1 Å². The molecule has 2 rings (SSSR count). The third kappa shape index (κ3) is 8.09. The van der Waals surface area contributed by atoms with E-state index < -0.39 is 5.97 Å². The highest BCUT2D eigenvalue weighted by Gasteiger charge is 2.18. The Morgan fingerprint density at radius 3 is 2.24 bits per heavy atom. The highest BCUT2D eigenvalue weighted by atomic mass is 32.2. The Labute approximate surface area is 204 Å². The number of ketones is 2. The van der Waals surface area contributed by atoms with E-state index in [1.54, 1.807) is 36.0 Å². The molecule has 0 aromatic heterocycles. The van der Waals surface area contributed by atoms with Gasteiger partial charge in [0.15, 0.2) is 11.6 Å². The number of thioether (sulfide) groups is 1. The summed E-state index contributed by atoms with van der Waals surface area (Å²) < 4.78 is 11.9. The number of carboxylic acids is 1. The quantitative estimate of drug-likeness (QED) is 0.191. The molecule has 0 radical (unpaired) electrons. The van der Waals surface area contributed by atoms with Crippen LogP contribution in [0.25, 0.3) is 0 Å². The summed E-state index contributed by atoms with van der Waals surface area (Å²) >= 11 is 1.56. The lowest BCUT2D eigenvalue weighted by Gasteiger charge is -2.18. The zero-order valence-electron chi connectivity index (χ0n) is 19.9. The molecule has 0 unspecified atom stereocenters. The third-order valence-electron chi connectivity index (χ3n) is 5.04. The zero-order chi connectivity index (χ0) is 25.1. The van der Waals surface area contributed by atoms with E-state index in [0.717, 1.165) is 29.1 Å². The van der Waals surface area contributed by atoms with Gasteiger partial charge in [0.05, 0.1) is 24.3 Å². The number of rotatable bonds is 15. The molecule has 0 aliphatic rings. The first-order chi connectivity index (χ1) is 16.2. The molecular formula is C26H32O7S. The second-order valence-electron chi connectivity index (χ2n) is 7.86. The molecule has 8 heteroatoms. The highest BCUT2D eigenvalue weighted by molar-refractivity contribution is 7.99. The largest absolute Gasteiger partial charge is 0.507 e. The van der Waals surface area contributed by atoms with E-state index in [4.69, 9.17) is 14.6 Å². The minimum atomic E-state index is -0.885. The van der Waals surface area contributed by atoms with Crippen LogP contribution < -0.4 is 9.47 Å². The summed E-state index contributed by atoms with van der Waals surface area (Å²) in [5.41, 5.74) is 1.60. The van der Waals surface area contributed by atoms with E-state index in [1.807, 2.05) is 13.0 Å². The predicted molar refractivity (Wildman–Crippen MR) is 132 cm³/mol. The maximum atomic E-state index is 12.1. The summed E-state index contributed by atoms with van der Waals surface area (Å²) in [5, 5.41) is 18.8. The first-order valence-corrected chi connectivity index (χ1v) is 12.3. The number of carbonyl (C=O) groups excluding carboxylic acids is 2. The van der Waals surface area contributed by atoms with Crippen molar-refractivity contribution in [1.82, 2.24) is 0 Å². The molecule has 0 spiro atoms. The molecule has 0 aliphatic heterocycles. The number of hydrogen-bond donors (Lipinski definition) is 2. The van der Waals surface area contributed by atoms with Gasteiger partial charge < -0.3 is 19.7 Å². The second kappa shape index (κ2) is 13.6. The smallest absolute Gasteiger partial charge is 0.303 e. The maximum Gasteiger partial charge on any atom is 0.303 e. The Morgan fingerprint density at radius 1 is 0.941 bits per heavy atom. The molecule has 0 aliphatic carbocycles. The zero-order valence-corrected chi connectivity index (χ0v) is 20.7. The molecular weight excluding hydrogens is 456 g/mol. The molecule has 0 saturated heterocycles. The van der Waals surface area contributed by atoms with Gasteiger partial charge in [-0.05, 0) is 63.4 Å².